The molecule has 16 heavy (non-hydrogen) atoms. The Morgan fingerprint density at radius 3 is 2.44 bits per heavy atom. The summed E-state index contributed by atoms with van der Waals surface area (Å²) in [7, 11) is 0. The highest BCUT2D eigenvalue weighted by atomic mass is 35.5. The minimum atomic E-state index is 0.588. The van der Waals surface area contributed by atoms with E-state index in [-0.39, 0.29) is 0 Å². The maximum atomic E-state index is 6.24. The predicted octanol–water partition coefficient (Wildman–Crippen LogP) is 3.99. The fourth-order valence-electron chi connectivity index (χ4n) is 2.43. The molecule has 2 atom stereocenters. The van der Waals surface area contributed by atoms with Crippen LogP contribution in [0.1, 0.15) is 37.2 Å². The Labute approximate surface area is 106 Å². The van der Waals surface area contributed by atoms with Crippen LogP contribution in [0, 0.1) is 0 Å². The molecular weight excluding hydrogens is 241 g/mol. The fourth-order valence-corrected chi connectivity index (χ4v) is 2.98. The van der Waals surface area contributed by atoms with Gasteiger partial charge in [-0.3, -0.25) is 0 Å². The molecule has 0 heterocycles. The topological polar surface area (TPSA) is 12.0 Å². The van der Waals surface area contributed by atoms with Gasteiger partial charge in [-0.1, -0.05) is 29.3 Å². The molecule has 1 aromatic rings. The van der Waals surface area contributed by atoms with Crippen LogP contribution in [0.5, 0.6) is 0 Å². The minimum Gasteiger partial charge on any atom is -0.311 e. The molecule has 1 nitrogen and oxygen atoms in total. The summed E-state index contributed by atoms with van der Waals surface area (Å²) in [5, 5.41) is 5.23. The van der Waals surface area contributed by atoms with Crippen molar-refractivity contribution < 1.29 is 0 Å². The standard InChI is InChI=1S/C13H15Cl2N/c14-8-1-4-10(12(15)7-8)11-5-6-13(11)16-9-2-3-9/h1,4,7,9,11,13,16H,2-3,5-6H2/t11-,13-/m1/s1. The third-order valence-electron chi connectivity index (χ3n) is 3.66. The van der Waals surface area contributed by atoms with E-state index < -0.39 is 0 Å². The van der Waals surface area contributed by atoms with E-state index in [9.17, 15) is 0 Å². The summed E-state index contributed by atoms with van der Waals surface area (Å²) < 4.78 is 0. The first-order valence-electron chi connectivity index (χ1n) is 5.95. The van der Waals surface area contributed by atoms with Crippen LogP contribution >= 0.6 is 23.2 Å². The molecule has 0 saturated heterocycles. The summed E-state index contributed by atoms with van der Waals surface area (Å²) >= 11 is 12.2. The van der Waals surface area contributed by atoms with E-state index in [1.54, 1.807) is 0 Å². The SMILES string of the molecule is Clc1ccc([C@H]2CC[C@H]2NC2CC2)c(Cl)c1. The van der Waals surface area contributed by atoms with Crippen LogP contribution < -0.4 is 5.32 Å². The van der Waals surface area contributed by atoms with Crippen molar-refractivity contribution in [3.05, 3.63) is 33.8 Å². The lowest BCUT2D eigenvalue weighted by atomic mass is 9.75. The lowest BCUT2D eigenvalue weighted by Gasteiger charge is -2.38. The van der Waals surface area contributed by atoms with Crippen molar-refractivity contribution >= 4 is 23.2 Å². The van der Waals surface area contributed by atoms with E-state index in [1.807, 2.05) is 12.1 Å². The van der Waals surface area contributed by atoms with Crippen molar-refractivity contribution in [2.75, 3.05) is 0 Å². The third kappa shape index (κ3) is 2.09. The van der Waals surface area contributed by atoms with Crippen LogP contribution in [0.15, 0.2) is 18.2 Å². The summed E-state index contributed by atoms with van der Waals surface area (Å²) in [6.45, 7) is 0. The molecule has 3 rings (SSSR count). The van der Waals surface area contributed by atoms with Crippen molar-refractivity contribution in [1.82, 2.24) is 5.32 Å². The number of hydrogen-bond donors (Lipinski definition) is 1. The normalized spacial score (nSPS) is 28.9. The number of rotatable bonds is 3. The third-order valence-corrected chi connectivity index (χ3v) is 4.23. The molecule has 0 unspecified atom stereocenters. The summed E-state index contributed by atoms with van der Waals surface area (Å²) in [5.41, 5.74) is 1.26. The highest BCUT2D eigenvalue weighted by molar-refractivity contribution is 6.35. The van der Waals surface area contributed by atoms with Crippen LogP contribution in [-0.4, -0.2) is 12.1 Å². The molecule has 0 radical (unpaired) electrons. The monoisotopic (exact) mass is 255 g/mol. The van der Waals surface area contributed by atoms with E-state index in [2.05, 4.69) is 11.4 Å². The molecule has 0 aliphatic heterocycles. The quantitative estimate of drug-likeness (QED) is 0.862. The van der Waals surface area contributed by atoms with Gasteiger partial charge in [-0.25, -0.2) is 0 Å². The van der Waals surface area contributed by atoms with Gasteiger partial charge in [0.1, 0.15) is 0 Å². The van der Waals surface area contributed by atoms with Crippen molar-refractivity contribution in [3.8, 4) is 0 Å². The molecule has 86 valence electrons. The summed E-state index contributed by atoms with van der Waals surface area (Å²) in [5.74, 6) is 0.588. The summed E-state index contributed by atoms with van der Waals surface area (Å²) in [6, 6.07) is 7.28. The molecule has 0 spiro atoms. The molecule has 2 saturated carbocycles. The highest BCUT2D eigenvalue weighted by Crippen LogP contribution is 2.42. The van der Waals surface area contributed by atoms with Gasteiger partial charge in [-0.05, 0) is 43.4 Å². The second-order valence-electron chi connectivity index (χ2n) is 4.90. The second kappa shape index (κ2) is 4.21. The van der Waals surface area contributed by atoms with Gasteiger partial charge in [0.2, 0.25) is 0 Å². The van der Waals surface area contributed by atoms with Crippen LogP contribution in [0.2, 0.25) is 10.0 Å². The van der Waals surface area contributed by atoms with Crippen LogP contribution in [-0.2, 0) is 0 Å². The van der Waals surface area contributed by atoms with Crippen LogP contribution in [0.3, 0.4) is 0 Å². The van der Waals surface area contributed by atoms with E-state index in [0.717, 1.165) is 16.1 Å². The molecule has 3 heteroatoms. The smallest absolute Gasteiger partial charge is 0.0456 e. The Balaban J connectivity index is 1.75. The average molecular weight is 256 g/mol. The Morgan fingerprint density at radius 2 is 1.88 bits per heavy atom. The molecule has 2 aliphatic rings. The summed E-state index contributed by atoms with van der Waals surface area (Å²) in [6.07, 6.45) is 5.21. The Bertz CT molecular complexity index is 401. The first kappa shape index (κ1) is 10.9. The number of nitrogens with one attached hydrogen (secondary N) is 1. The molecule has 0 amide bonds. The van der Waals surface area contributed by atoms with E-state index in [0.29, 0.717) is 12.0 Å². The van der Waals surface area contributed by atoms with Gasteiger partial charge >= 0.3 is 0 Å². The summed E-state index contributed by atoms with van der Waals surface area (Å²) in [4.78, 5) is 0. The zero-order chi connectivity index (χ0) is 11.1. The van der Waals surface area contributed by atoms with E-state index in [4.69, 9.17) is 23.2 Å². The van der Waals surface area contributed by atoms with Gasteiger partial charge in [0.15, 0.2) is 0 Å². The average Bonchev–Trinajstić information content (AvgIpc) is 3.01. The highest BCUT2D eigenvalue weighted by Gasteiger charge is 2.36. The van der Waals surface area contributed by atoms with Crippen LogP contribution in [0.4, 0.5) is 0 Å². The molecule has 2 fully saturated rings. The van der Waals surface area contributed by atoms with Crippen molar-refractivity contribution in [2.45, 2.75) is 43.7 Å². The van der Waals surface area contributed by atoms with Gasteiger partial charge in [0, 0.05) is 28.0 Å². The maximum absolute atomic E-state index is 6.24. The van der Waals surface area contributed by atoms with Crippen LogP contribution in [0.25, 0.3) is 0 Å². The zero-order valence-corrected chi connectivity index (χ0v) is 10.6. The molecule has 1 aromatic carbocycles. The maximum Gasteiger partial charge on any atom is 0.0456 e. The second-order valence-corrected chi connectivity index (χ2v) is 5.74. The number of hydrogen-bond acceptors (Lipinski definition) is 1. The van der Waals surface area contributed by atoms with Gasteiger partial charge in [-0.2, -0.15) is 0 Å². The Kier molecular flexibility index (Phi) is 2.87. The lowest BCUT2D eigenvalue weighted by Crippen LogP contribution is -2.43. The molecular formula is C13H15Cl2N. The predicted molar refractivity (Wildman–Crippen MR) is 68.4 cm³/mol. The van der Waals surface area contributed by atoms with Crippen molar-refractivity contribution in [2.24, 2.45) is 0 Å². The van der Waals surface area contributed by atoms with Gasteiger partial charge in [0.05, 0.1) is 0 Å². The fraction of sp³-hybridized carbons (Fsp3) is 0.538. The number of benzene rings is 1. The molecule has 1 N–H and O–H groups in total. The van der Waals surface area contributed by atoms with Gasteiger partial charge in [-0.15, -0.1) is 0 Å². The molecule has 0 aromatic heterocycles. The van der Waals surface area contributed by atoms with Crippen molar-refractivity contribution in [3.63, 3.8) is 0 Å². The zero-order valence-electron chi connectivity index (χ0n) is 9.05. The first-order chi connectivity index (χ1) is 7.74. The van der Waals surface area contributed by atoms with E-state index >= 15 is 0 Å². The minimum absolute atomic E-state index is 0.588. The van der Waals surface area contributed by atoms with Gasteiger partial charge < -0.3 is 5.32 Å². The lowest BCUT2D eigenvalue weighted by molar-refractivity contribution is 0.282. The van der Waals surface area contributed by atoms with E-state index in [1.165, 1.54) is 31.2 Å². The Hall–Kier alpha value is -0.240. The first-order valence-corrected chi connectivity index (χ1v) is 6.70. The van der Waals surface area contributed by atoms with Crippen molar-refractivity contribution in [1.29, 1.82) is 0 Å². The molecule has 0 bridgehead atoms. The molecule has 2 aliphatic carbocycles. The Morgan fingerprint density at radius 1 is 1.06 bits per heavy atom. The largest absolute Gasteiger partial charge is 0.311 e. The number of halogens is 2. The van der Waals surface area contributed by atoms with Gasteiger partial charge in [0.25, 0.3) is 0 Å².